The first kappa shape index (κ1) is 21.4. The van der Waals surface area contributed by atoms with Gasteiger partial charge >= 0.3 is 0 Å². The van der Waals surface area contributed by atoms with Gasteiger partial charge in [0.25, 0.3) is 0 Å². The second-order valence-corrected chi connectivity index (χ2v) is 9.39. The van der Waals surface area contributed by atoms with Crippen molar-refractivity contribution in [1.82, 2.24) is 4.72 Å². The van der Waals surface area contributed by atoms with Gasteiger partial charge in [0.05, 0.1) is 12.0 Å². The molecule has 0 radical (unpaired) electrons. The predicted octanol–water partition coefficient (Wildman–Crippen LogP) is 4.83. The third-order valence-electron chi connectivity index (χ3n) is 4.01. The summed E-state index contributed by atoms with van der Waals surface area (Å²) < 4.78 is 32.9. The minimum absolute atomic E-state index is 0.279. The van der Waals surface area contributed by atoms with E-state index in [0.29, 0.717) is 39.4 Å². The smallest absolute Gasteiger partial charge is 0.240 e. The molecule has 8 heteroatoms. The van der Waals surface area contributed by atoms with E-state index in [9.17, 15) is 8.42 Å². The van der Waals surface area contributed by atoms with Crippen molar-refractivity contribution in [1.29, 1.82) is 0 Å². The first-order valence-electron chi connectivity index (χ1n) is 7.92. The molecule has 0 unspecified atom stereocenters. The van der Waals surface area contributed by atoms with Crippen LogP contribution in [-0.4, -0.2) is 27.8 Å². The molecule has 2 aromatic rings. The molecule has 0 atom stereocenters. The van der Waals surface area contributed by atoms with Crippen LogP contribution in [-0.2, 0) is 15.8 Å². The van der Waals surface area contributed by atoms with Crippen molar-refractivity contribution in [3.05, 3.63) is 57.1 Å². The third-order valence-corrected chi connectivity index (χ3v) is 7.21. The highest BCUT2D eigenvalue weighted by molar-refractivity contribution is 7.98. The summed E-state index contributed by atoms with van der Waals surface area (Å²) >= 11 is 13.6. The Hall–Kier alpha value is -0.920. The summed E-state index contributed by atoms with van der Waals surface area (Å²) in [6, 6.07) is 8.63. The number of halogens is 2. The van der Waals surface area contributed by atoms with Crippen LogP contribution in [0.5, 0.6) is 5.75 Å². The van der Waals surface area contributed by atoms with Crippen LogP contribution in [0.3, 0.4) is 0 Å². The van der Waals surface area contributed by atoms with Gasteiger partial charge in [0.1, 0.15) is 5.75 Å². The van der Waals surface area contributed by atoms with Crippen molar-refractivity contribution < 1.29 is 13.2 Å². The fraction of sp³-hybridized carbons (Fsp3) is 0.333. The lowest BCUT2D eigenvalue weighted by Gasteiger charge is -2.13. The van der Waals surface area contributed by atoms with Crippen molar-refractivity contribution in [3.63, 3.8) is 0 Å². The van der Waals surface area contributed by atoms with Crippen molar-refractivity contribution in [2.45, 2.75) is 24.5 Å². The van der Waals surface area contributed by atoms with Gasteiger partial charge in [-0.3, -0.25) is 0 Å². The van der Waals surface area contributed by atoms with E-state index in [4.69, 9.17) is 27.9 Å². The number of hydrogen-bond acceptors (Lipinski definition) is 4. The Bertz CT molecular complexity index is 886. The summed E-state index contributed by atoms with van der Waals surface area (Å²) in [4.78, 5) is 0.279. The van der Waals surface area contributed by atoms with Gasteiger partial charge in [-0.15, -0.1) is 0 Å². The first-order valence-corrected chi connectivity index (χ1v) is 11.3. The maximum atomic E-state index is 12.5. The summed E-state index contributed by atoms with van der Waals surface area (Å²) in [6.07, 6.45) is 0. The number of sulfonamides is 1. The average molecular weight is 434 g/mol. The molecule has 0 aliphatic rings. The lowest BCUT2D eigenvalue weighted by molar-refractivity contribution is 0.410. The summed E-state index contributed by atoms with van der Waals surface area (Å²) in [5.74, 6) is 2.00. The molecule has 0 saturated carbocycles. The molecular formula is C18H21Cl2NO3S2. The Kier molecular flexibility index (Phi) is 7.67. The summed E-state index contributed by atoms with van der Waals surface area (Å²) in [6.45, 7) is 3.96. The molecule has 0 aliphatic carbocycles. The van der Waals surface area contributed by atoms with Gasteiger partial charge in [0, 0.05) is 28.1 Å². The first-order chi connectivity index (χ1) is 12.3. The molecule has 2 rings (SSSR count). The zero-order valence-corrected chi connectivity index (χ0v) is 18.0. The van der Waals surface area contributed by atoms with E-state index in [1.807, 2.05) is 13.0 Å². The molecule has 0 saturated heterocycles. The van der Waals surface area contributed by atoms with Crippen molar-refractivity contribution in [2.24, 2.45) is 0 Å². The highest BCUT2D eigenvalue weighted by atomic mass is 35.5. The van der Waals surface area contributed by atoms with Crippen LogP contribution < -0.4 is 9.46 Å². The van der Waals surface area contributed by atoms with Crippen molar-refractivity contribution >= 4 is 45.0 Å². The van der Waals surface area contributed by atoms with Gasteiger partial charge < -0.3 is 4.74 Å². The van der Waals surface area contributed by atoms with E-state index in [-0.39, 0.29) is 4.90 Å². The number of benzene rings is 2. The second kappa shape index (κ2) is 9.33. The van der Waals surface area contributed by atoms with Gasteiger partial charge in [-0.2, -0.15) is 11.8 Å². The molecule has 0 aromatic heterocycles. The monoisotopic (exact) mass is 433 g/mol. The van der Waals surface area contributed by atoms with Gasteiger partial charge in [-0.1, -0.05) is 29.3 Å². The molecule has 0 bridgehead atoms. The van der Waals surface area contributed by atoms with E-state index in [2.05, 4.69) is 4.72 Å². The van der Waals surface area contributed by atoms with E-state index in [1.54, 1.807) is 50.1 Å². The van der Waals surface area contributed by atoms with Crippen LogP contribution in [0, 0.1) is 13.8 Å². The van der Waals surface area contributed by atoms with Gasteiger partial charge in [0.2, 0.25) is 10.0 Å². The minimum atomic E-state index is -3.56. The second-order valence-electron chi connectivity index (χ2n) is 5.70. The lowest BCUT2D eigenvalue weighted by atomic mass is 10.1. The van der Waals surface area contributed by atoms with Crippen LogP contribution in [0.2, 0.25) is 10.0 Å². The van der Waals surface area contributed by atoms with Gasteiger partial charge in [-0.25, -0.2) is 13.1 Å². The van der Waals surface area contributed by atoms with E-state index < -0.39 is 10.0 Å². The maximum Gasteiger partial charge on any atom is 0.240 e. The Morgan fingerprint density at radius 3 is 2.50 bits per heavy atom. The molecular weight excluding hydrogens is 413 g/mol. The molecule has 1 N–H and O–H groups in total. The summed E-state index contributed by atoms with van der Waals surface area (Å²) in [7, 11) is -1.99. The summed E-state index contributed by atoms with van der Waals surface area (Å²) in [5.41, 5.74) is 2.49. The Morgan fingerprint density at radius 2 is 1.85 bits per heavy atom. The standard InChI is InChI=1S/C18H21Cl2NO3S2/c1-12-13(2)18(7-6-17(12)24-3)26(22,23)21-8-9-25-11-14-4-5-15(19)10-16(14)20/h4-7,10,21H,8-9,11H2,1-3H3. The number of methoxy groups -OCH3 is 1. The molecule has 26 heavy (non-hydrogen) atoms. The molecule has 0 amide bonds. The number of hydrogen-bond donors (Lipinski definition) is 1. The number of rotatable bonds is 8. The lowest BCUT2D eigenvalue weighted by Crippen LogP contribution is -2.27. The van der Waals surface area contributed by atoms with E-state index >= 15 is 0 Å². The van der Waals surface area contributed by atoms with Crippen LogP contribution in [0.25, 0.3) is 0 Å². The van der Waals surface area contributed by atoms with Crippen LogP contribution >= 0.6 is 35.0 Å². The zero-order valence-electron chi connectivity index (χ0n) is 14.8. The van der Waals surface area contributed by atoms with E-state index in [1.165, 1.54) is 0 Å². The Labute approximate surface area is 169 Å². The van der Waals surface area contributed by atoms with Crippen LogP contribution in [0.1, 0.15) is 16.7 Å². The molecule has 0 heterocycles. The highest BCUT2D eigenvalue weighted by Crippen LogP contribution is 2.27. The fourth-order valence-electron chi connectivity index (χ4n) is 2.43. The molecule has 0 aliphatic heterocycles. The summed E-state index contributed by atoms with van der Waals surface area (Å²) in [5, 5.41) is 1.22. The Balaban J connectivity index is 1.91. The minimum Gasteiger partial charge on any atom is -0.496 e. The number of ether oxygens (including phenoxy) is 1. The van der Waals surface area contributed by atoms with Crippen LogP contribution in [0.4, 0.5) is 0 Å². The normalized spacial score (nSPS) is 11.6. The van der Waals surface area contributed by atoms with Crippen molar-refractivity contribution in [2.75, 3.05) is 19.4 Å². The predicted molar refractivity (Wildman–Crippen MR) is 110 cm³/mol. The largest absolute Gasteiger partial charge is 0.496 e. The van der Waals surface area contributed by atoms with Crippen LogP contribution in [0.15, 0.2) is 35.2 Å². The average Bonchev–Trinajstić information content (AvgIpc) is 2.58. The molecule has 142 valence electrons. The SMILES string of the molecule is COc1ccc(S(=O)(=O)NCCSCc2ccc(Cl)cc2Cl)c(C)c1C. The zero-order chi connectivity index (χ0) is 19.3. The quantitative estimate of drug-likeness (QED) is 0.605. The van der Waals surface area contributed by atoms with Gasteiger partial charge in [-0.05, 0) is 54.8 Å². The highest BCUT2D eigenvalue weighted by Gasteiger charge is 2.19. The van der Waals surface area contributed by atoms with E-state index in [0.717, 1.165) is 11.1 Å². The molecule has 0 spiro atoms. The number of thioether (sulfide) groups is 1. The maximum absolute atomic E-state index is 12.5. The fourth-order valence-corrected chi connectivity index (χ4v) is 5.31. The molecule has 2 aromatic carbocycles. The van der Waals surface area contributed by atoms with Crippen molar-refractivity contribution in [3.8, 4) is 5.75 Å². The molecule has 4 nitrogen and oxygen atoms in total. The molecule has 0 fully saturated rings. The Morgan fingerprint density at radius 1 is 1.12 bits per heavy atom. The topological polar surface area (TPSA) is 55.4 Å². The number of nitrogens with one attached hydrogen (secondary N) is 1. The third kappa shape index (κ3) is 5.30. The van der Waals surface area contributed by atoms with Gasteiger partial charge in [0.15, 0.2) is 0 Å².